The zero-order valence-corrected chi connectivity index (χ0v) is 10.8. The Bertz CT molecular complexity index is 415. The number of carbonyl (C=O) groups is 1. The molecule has 1 rings (SSSR count). The summed E-state index contributed by atoms with van der Waals surface area (Å²) in [5.41, 5.74) is 0.337. The maximum Gasteiger partial charge on any atom is 0.307 e. The molecule has 0 amide bonds. The minimum absolute atomic E-state index is 0.00212. The molecule has 7 heteroatoms. The van der Waals surface area contributed by atoms with Crippen molar-refractivity contribution in [2.24, 2.45) is 0 Å². The molecular weight excluding hydrogens is 354 g/mol. The summed E-state index contributed by atoms with van der Waals surface area (Å²) >= 11 is 7.27. The molecule has 1 heterocycles. The van der Waals surface area contributed by atoms with Crippen LogP contribution in [0.5, 0.6) is 0 Å². The van der Waals surface area contributed by atoms with Crippen LogP contribution in [0.1, 0.15) is 23.2 Å². The van der Waals surface area contributed by atoms with Gasteiger partial charge in [0.2, 0.25) is 0 Å². The van der Waals surface area contributed by atoms with E-state index in [-0.39, 0.29) is 27.0 Å². The van der Waals surface area contributed by atoms with E-state index in [1.807, 2.05) is 0 Å². The van der Waals surface area contributed by atoms with E-state index in [0.717, 1.165) is 6.20 Å². The Hall–Kier alpha value is -0.500. The van der Waals surface area contributed by atoms with Crippen LogP contribution in [-0.4, -0.2) is 16.1 Å². The van der Waals surface area contributed by atoms with Crippen molar-refractivity contribution in [3.05, 3.63) is 26.6 Å². The molecule has 0 atom stereocenters. The molecule has 0 unspecified atom stereocenters. The predicted octanol–water partition coefficient (Wildman–Crippen LogP) is 2.99. The zero-order chi connectivity index (χ0) is 12.3. The van der Waals surface area contributed by atoms with Gasteiger partial charge in [-0.15, -0.1) is 11.6 Å². The monoisotopic (exact) mass is 361 g/mol. The predicted molar refractivity (Wildman–Crippen MR) is 62.8 cm³/mol. The minimum atomic E-state index is -2.67. The standard InChI is InChI=1S/C9H7ClF2INO2/c10-2-6-4(1-7(15)16)8(13)5(3-14-6)9(11)12/h3,9H,1-2H2,(H,15,16). The molecule has 0 saturated heterocycles. The highest BCUT2D eigenvalue weighted by Gasteiger charge is 2.19. The fraction of sp³-hybridized carbons (Fsp3) is 0.333. The highest BCUT2D eigenvalue weighted by atomic mass is 127. The second kappa shape index (κ2) is 5.72. The summed E-state index contributed by atoms with van der Waals surface area (Å²) in [4.78, 5) is 14.4. The minimum Gasteiger partial charge on any atom is -0.481 e. The number of pyridine rings is 1. The van der Waals surface area contributed by atoms with Crippen molar-refractivity contribution in [1.29, 1.82) is 0 Å². The van der Waals surface area contributed by atoms with E-state index in [4.69, 9.17) is 16.7 Å². The lowest BCUT2D eigenvalue weighted by atomic mass is 10.1. The van der Waals surface area contributed by atoms with E-state index in [1.165, 1.54) is 0 Å². The van der Waals surface area contributed by atoms with E-state index in [2.05, 4.69) is 4.98 Å². The van der Waals surface area contributed by atoms with E-state index in [9.17, 15) is 13.6 Å². The highest BCUT2D eigenvalue weighted by molar-refractivity contribution is 14.1. The first-order valence-corrected chi connectivity index (χ1v) is 5.80. The van der Waals surface area contributed by atoms with Gasteiger partial charge >= 0.3 is 5.97 Å². The van der Waals surface area contributed by atoms with Gasteiger partial charge in [0.1, 0.15) is 0 Å². The van der Waals surface area contributed by atoms with Crippen LogP contribution >= 0.6 is 34.2 Å². The maximum atomic E-state index is 12.6. The summed E-state index contributed by atoms with van der Waals surface area (Å²) in [7, 11) is 0. The summed E-state index contributed by atoms with van der Waals surface area (Å²) in [6.45, 7) is 0. The second-order valence-corrected chi connectivity index (χ2v) is 4.30. The number of nitrogens with zero attached hydrogens (tertiary/aromatic N) is 1. The second-order valence-electron chi connectivity index (χ2n) is 2.96. The van der Waals surface area contributed by atoms with Crippen LogP contribution in [-0.2, 0) is 17.1 Å². The molecular formula is C9H7ClF2INO2. The third kappa shape index (κ3) is 3.00. The van der Waals surface area contributed by atoms with Crippen molar-refractivity contribution >= 4 is 40.2 Å². The van der Waals surface area contributed by atoms with Gasteiger partial charge in [-0.2, -0.15) is 0 Å². The summed E-state index contributed by atoms with van der Waals surface area (Å²) in [5, 5.41) is 8.68. The number of aromatic nitrogens is 1. The molecule has 16 heavy (non-hydrogen) atoms. The number of carboxylic acid groups (broad SMARTS) is 1. The van der Waals surface area contributed by atoms with Gasteiger partial charge in [-0.05, 0) is 28.2 Å². The van der Waals surface area contributed by atoms with E-state index in [0.29, 0.717) is 5.69 Å². The lowest BCUT2D eigenvalue weighted by Gasteiger charge is -2.10. The molecule has 1 aromatic rings. The van der Waals surface area contributed by atoms with Gasteiger partial charge in [-0.1, -0.05) is 0 Å². The Morgan fingerprint density at radius 3 is 2.69 bits per heavy atom. The largest absolute Gasteiger partial charge is 0.481 e. The van der Waals surface area contributed by atoms with Gasteiger partial charge in [0.15, 0.2) is 0 Å². The molecule has 0 aliphatic heterocycles. The zero-order valence-electron chi connectivity index (χ0n) is 7.88. The Morgan fingerprint density at radius 2 is 2.25 bits per heavy atom. The van der Waals surface area contributed by atoms with Gasteiger partial charge < -0.3 is 5.11 Å². The number of rotatable bonds is 4. The van der Waals surface area contributed by atoms with Crippen LogP contribution in [0.25, 0.3) is 0 Å². The van der Waals surface area contributed by atoms with E-state index in [1.54, 1.807) is 22.6 Å². The van der Waals surface area contributed by atoms with Crippen LogP contribution in [0.2, 0.25) is 0 Å². The molecule has 0 bridgehead atoms. The van der Waals surface area contributed by atoms with Crippen LogP contribution < -0.4 is 0 Å². The average molecular weight is 362 g/mol. The number of carboxylic acids is 1. The van der Waals surface area contributed by atoms with E-state index >= 15 is 0 Å². The molecule has 0 aliphatic rings. The summed E-state index contributed by atoms with van der Waals surface area (Å²) in [6, 6.07) is 0. The van der Waals surface area contributed by atoms with Crippen molar-refractivity contribution in [2.45, 2.75) is 18.7 Å². The van der Waals surface area contributed by atoms with Crippen molar-refractivity contribution in [1.82, 2.24) is 4.98 Å². The summed E-state index contributed by atoms with van der Waals surface area (Å²) in [5.74, 6) is -1.10. The number of hydrogen-bond donors (Lipinski definition) is 1. The first-order chi connectivity index (χ1) is 7.47. The first-order valence-electron chi connectivity index (χ1n) is 4.19. The Labute approximate surface area is 109 Å². The fourth-order valence-corrected chi connectivity index (χ4v) is 2.29. The van der Waals surface area contributed by atoms with Crippen molar-refractivity contribution < 1.29 is 18.7 Å². The molecule has 0 aliphatic carbocycles. The Morgan fingerprint density at radius 1 is 1.62 bits per heavy atom. The molecule has 0 aromatic carbocycles. The smallest absolute Gasteiger partial charge is 0.307 e. The average Bonchev–Trinajstić information content (AvgIpc) is 2.19. The lowest BCUT2D eigenvalue weighted by Crippen LogP contribution is -2.09. The molecule has 88 valence electrons. The SMILES string of the molecule is O=C(O)Cc1c(CCl)ncc(C(F)F)c1I. The van der Waals surface area contributed by atoms with Crippen LogP contribution in [0.4, 0.5) is 8.78 Å². The molecule has 3 nitrogen and oxygen atoms in total. The highest BCUT2D eigenvalue weighted by Crippen LogP contribution is 2.28. The number of alkyl halides is 3. The topological polar surface area (TPSA) is 50.2 Å². The van der Waals surface area contributed by atoms with Crippen LogP contribution in [0.3, 0.4) is 0 Å². The van der Waals surface area contributed by atoms with Crippen molar-refractivity contribution in [3.63, 3.8) is 0 Å². The molecule has 0 spiro atoms. The Balaban J connectivity index is 3.28. The lowest BCUT2D eigenvalue weighted by molar-refractivity contribution is -0.136. The molecule has 1 N–H and O–H groups in total. The van der Waals surface area contributed by atoms with Gasteiger partial charge in [0.25, 0.3) is 6.43 Å². The first kappa shape index (κ1) is 13.6. The fourth-order valence-electron chi connectivity index (χ4n) is 1.18. The van der Waals surface area contributed by atoms with Crippen LogP contribution in [0, 0.1) is 3.57 Å². The number of halogens is 4. The quantitative estimate of drug-likeness (QED) is 0.662. The summed E-state index contributed by atoms with van der Waals surface area (Å²) in [6.07, 6.45) is -1.99. The molecule has 1 aromatic heterocycles. The van der Waals surface area contributed by atoms with Crippen molar-refractivity contribution in [2.75, 3.05) is 0 Å². The molecule has 0 saturated carbocycles. The van der Waals surface area contributed by atoms with Crippen LogP contribution in [0.15, 0.2) is 6.20 Å². The van der Waals surface area contributed by atoms with E-state index < -0.39 is 12.4 Å². The summed E-state index contributed by atoms with van der Waals surface area (Å²) < 4.78 is 25.3. The maximum absolute atomic E-state index is 12.6. The van der Waals surface area contributed by atoms with Gasteiger partial charge in [0, 0.05) is 15.3 Å². The molecule has 0 fully saturated rings. The normalized spacial score (nSPS) is 10.8. The van der Waals surface area contributed by atoms with Gasteiger partial charge in [-0.3, -0.25) is 9.78 Å². The number of hydrogen-bond acceptors (Lipinski definition) is 2. The third-order valence-electron chi connectivity index (χ3n) is 1.92. The Kier molecular flexibility index (Phi) is 4.85. The third-order valence-corrected chi connectivity index (χ3v) is 3.44. The van der Waals surface area contributed by atoms with Crippen molar-refractivity contribution in [3.8, 4) is 0 Å². The number of aliphatic carboxylic acids is 1. The van der Waals surface area contributed by atoms with Gasteiger partial charge in [0.05, 0.1) is 18.0 Å². The molecule has 0 radical (unpaired) electrons. The van der Waals surface area contributed by atoms with Gasteiger partial charge in [-0.25, -0.2) is 8.78 Å².